The topological polar surface area (TPSA) is 200 Å². The van der Waals surface area contributed by atoms with Gasteiger partial charge < -0.3 is 36.9 Å². The Balaban J connectivity index is 2.73. The lowest BCUT2D eigenvalue weighted by atomic mass is 10.0. The third-order valence-corrected chi connectivity index (χ3v) is 4.12. The van der Waals surface area contributed by atoms with Crippen LogP contribution < -0.4 is 21.7 Å². The number of aliphatic hydroxyl groups is 1. The van der Waals surface area contributed by atoms with Gasteiger partial charge in [-0.15, -0.1) is 0 Å². The molecule has 12 nitrogen and oxygen atoms in total. The van der Waals surface area contributed by atoms with Gasteiger partial charge in [0.05, 0.1) is 19.0 Å². The number of hydrogen-bond acceptors (Lipinski definition) is 7. The van der Waals surface area contributed by atoms with E-state index in [1.165, 1.54) is 19.4 Å². The van der Waals surface area contributed by atoms with Crippen LogP contribution in [0.1, 0.15) is 26.5 Å². The largest absolute Gasteiger partial charge is 0.480 e. The summed E-state index contributed by atoms with van der Waals surface area (Å²) in [6.45, 7) is 3.87. The van der Waals surface area contributed by atoms with Gasteiger partial charge in [0, 0.05) is 18.3 Å². The number of carboxylic acid groups (broad SMARTS) is 1. The highest BCUT2D eigenvalue weighted by Gasteiger charge is 2.30. The molecule has 0 fully saturated rings. The van der Waals surface area contributed by atoms with Crippen molar-refractivity contribution in [1.82, 2.24) is 25.9 Å². The predicted octanol–water partition coefficient (Wildman–Crippen LogP) is -2.51. The fraction of sp³-hybridized carbons (Fsp3) is 0.588. The van der Waals surface area contributed by atoms with Gasteiger partial charge in [-0.2, -0.15) is 0 Å². The van der Waals surface area contributed by atoms with Crippen LogP contribution in [0.15, 0.2) is 12.5 Å². The van der Waals surface area contributed by atoms with Gasteiger partial charge in [0.2, 0.25) is 17.7 Å². The van der Waals surface area contributed by atoms with E-state index in [0.29, 0.717) is 5.69 Å². The monoisotopic (exact) mass is 412 g/mol. The van der Waals surface area contributed by atoms with Crippen LogP contribution in [0.25, 0.3) is 0 Å². The van der Waals surface area contributed by atoms with Gasteiger partial charge in [-0.25, -0.2) is 4.98 Å². The molecule has 8 N–H and O–H groups in total. The van der Waals surface area contributed by atoms with Gasteiger partial charge in [0.15, 0.2) is 0 Å². The molecular weight excluding hydrogens is 384 g/mol. The Bertz CT molecular complexity index is 707. The molecule has 162 valence electrons. The molecule has 0 aliphatic rings. The van der Waals surface area contributed by atoms with E-state index in [1.54, 1.807) is 13.8 Å². The summed E-state index contributed by atoms with van der Waals surface area (Å²) in [6, 6.07) is -4.53. The maximum Gasteiger partial charge on any atom is 0.325 e. The smallest absolute Gasteiger partial charge is 0.325 e. The van der Waals surface area contributed by atoms with Crippen molar-refractivity contribution in [3.8, 4) is 0 Å². The maximum atomic E-state index is 12.6. The second kappa shape index (κ2) is 11.1. The number of rotatable bonds is 11. The summed E-state index contributed by atoms with van der Waals surface area (Å²) in [5.41, 5.74) is 6.52. The average molecular weight is 412 g/mol. The Kier molecular flexibility index (Phi) is 9.22. The number of aromatic nitrogens is 2. The van der Waals surface area contributed by atoms with Gasteiger partial charge in [0.25, 0.3) is 0 Å². The number of H-pyrrole nitrogens is 1. The first-order chi connectivity index (χ1) is 13.6. The lowest BCUT2D eigenvalue weighted by Crippen LogP contribution is -2.59. The average Bonchev–Trinajstić information content (AvgIpc) is 3.15. The summed E-state index contributed by atoms with van der Waals surface area (Å²) in [6.07, 6.45) is 3.17. The van der Waals surface area contributed by atoms with Crippen LogP contribution in [0.4, 0.5) is 0 Å². The summed E-state index contributed by atoms with van der Waals surface area (Å²) in [5.74, 6) is -3.75. The van der Waals surface area contributed by atoms with Gasteiger partial charge >= 0.3 is 5.97 Å². The second-order valence-corrected chi connectivity index (χ2v) is 6.93. The number of carbonyl (C=O) groups is 4. The number of aliphatic carboxylic acids is 1. The summed E-state index contributed by atoms with van der Waals surface area (Å²) in [4.78, 5) is 54.5. The van der Waals surface area contributed by atoms with Crippen molar-refractivity contribution in [3.63, 3.8) is 0 Å². The molecule has 4 unspecified atom stereocenters. The lowest BCUT2D eigenvalue weighted by Gasteiger charge is -2.26. The molecule has 4 atom stereocenters. The molecule has 1 heterocycles. The molecule has 3 amide bonds. The normalized spacial score (nSPS) is 15.1. The fourth-order valence-electron chi connectivity index (χ4n) is 2.35. The summed E-state index contributed by atoms with van der Waals surface area (Å²) in [5, 5.41) is 25.2. The number of carboxylic acids is 1. The van der Waals surface area contributed by atoms with E-state index in [2.05, 4.69) is 25.9 Å². The Hall–Kier alpha value is -2.99. The summed E-state index contributed by atoms with van der Waals surface area (Å²) >= 11 is 0. The molecule has 0 spiro atoms. The zero-order valence-corrected chi connectivity index (χ0v) is 16.5. The SMILES string of the molecule is CC(NC(=O)C(CO)NC(=O)C(NC(=O)C(N)Cc1cnc[nH]1)C(C)C)C(=O)O. The molecule has 0 saturated heterocycles. The van der Waals surface area contributed by atoms with Crippen molar-refractivity contribution in [3.05, 3.63) is 18.2 Å². The molecule has 1 aromatic rings. The van der Waals surface area contributed by atoms with Crippen LogP contribution in [0.3, 0.4) is 0 Å². The van der Waals surface area contributed by atoms with E-state index < -0.39 is 54.5 Å². The number of amides is 3. The number of aliphatic hydroxyl groups excluding tert-OH is 1. The van der Waals surface area contributed by atoms with Crippen LogP contribution in [0, 0.1) is 5.92 Å². The van der Waals surface area contributed by atoms with Gasteiger partial charge in [-0.3, -0.25) is 19.2 Å². The molecule has 0 aliphatic heterocycles. The molecule has 1 aromatic heterocycles. The van der Waals surface area contributed by atoms with Crippen LogP contribution in [-0.4, -0.2) is 74.6 Å². The number of nitrogens with two attached hydrogens (primary N) is 1. The molecule has 1 rings (SSSR count). The molecule has 0 aromatic carbocycles. The Morgan fingerprint density at radius 1 is 1.10 bits per heavy atom. The molecule has 29 heavy (non-hydrogen) atoms. The molecule has 0 radical (unpaired) electrons. The Labute approximate surface area is 167 Å². The number of hydrogen-bond donors (Lipinski definition) is 7. The quantitative estimate of drug-likeness (QED) is 0.206. The number of nitrogens with one attached hydrogen (secondary N) is 4. The van der Waals surface area contributed by atoms with E-state index in [9.17, 15) is 24.3 Å². The minimum absolute atomic E-state index is 0.188. The molecule has 0 bridgehead atoms. The standard InChI is InChI=1S/C17H28N6O6/c1-8(2)13(23-14(25)11(18)4-10-5-19-7-20-10)16(27)22-12(6-24)15(26)21-9(3)17(28)29/h5,7-9,11-13,24H,4,6,18H2,1-3H3,(H,19,20)(H,21,26)(H,22,27)(H,23,25)(H,28,29). The van der Waals surface area contributed by atoms with Crippen molar-refractivity contribution in [1.29, 1.82) is 0 Å². The van der Waals surface area contributed by atoms with E-state index in [1.807, 2.05) is 0 Å². The Morgan fingerprint density at radius 3 is 2.24 bits per heavy atom. The van der Waals surface area contributed by atoms with Crippen molar-refractivity contribution in [2.24, 2.45) is 11.7 Å². The van der Waals surface area contributed by atoms with Crippen LogP contribution in [-0.2, 0) is 25.6 Å². The van der Waals surface area contributed by atoms with Crippen molar-refractivity contribution >= 4 is 23.7 Å². The third kappa shape index (κ3) is 7.50. The highest BCUT2D eigenvalue weighted by molar-refractivity contribution is 5.94. The summed E-state index contributed by atoms with van der Waals surface area (Å²) < 4.78 is 0. The first-order valence-corrected chi connectivity index (χ1v) is 9.04. The highest BCUT2D eigenvalue weighted by atomic mass is 16.4. The minimum Gasteiger partial charge on any atom is -0.480 e. The summed E-state index contributed by atoms with van der Waals surface area (Å²) in [7, 11) is 0. The molecule has 12 heteroatoms. The molecule has 0 aliphatic carbocycles. The number of imidazole rings is 1. The molecule has 0 saturated carbocycles. The minimum atomic E-state index is -1.37. The van der Waals surface area contributed by atoms with Gasteiger partial charge in [-0.05, 0) is 12.8 Å². The van der Waals surface area contributed by atoms with Crippen molar-refractivity contribution < 1.29 is 29.4 Å². The third-order valence-electron chi connectivity index (χ3n) is 4.12. The first-order valence-electron chi connectivity index (χ1n) is 9.04. The maximum absolute atomic E-state index is 12.6. The van der Waals surface area contributed by atoms with Crippen LogP contribution >= 0.6 is 0 Å². The first kappa shape index (κ1) is 24.0. The highest BCUT2D eigenvalue weighted by Crippen LogP contribution is 2.05. The van der Waals surface area contributed by atoms with Gasteiger partial charge in [0.1, 0.15) is 18.1 Å². The zero-order valence-electron chi connectivity index (χ0n) is 16.5. The Morgan fingerprint density at radius 2 is 1.76 bits per heavy atom. The zero-order chi connectivity index (χ0) is 22.1. The number of nitrogens with zero attached hydrogens (tertiary/aromatic N) is 1. The van der Waals surface area contributed by atoms with E-state index in [4.69, 9.17) is 10.8 Å². The fourth-order valence-corrected chi connectivity index (χ4v) is 2.35. The van der Waals surface area contributed by atoms with E-state index >= 15 is 0 Å². The van der Waals surface area contributed by atoms with Crippen LogP contribution in [0.2, 0.25) is 0 Å². The van der Waals surface area contributed by atoms with E-state index in [0.717, 1.165) is 0 Å². The second-order valence-electron chi connectivity index (χ2n) is 6.93. The number of aromatic amines is 1. The predicted molar refractivity (Wildman–Crippen MR) is 101 cm³/mol. The van der Waals surface area contributed by atoms with Crippen LogP contribution in [0.5, 0.6) is 0 Å². The van der Waals surface area contributed by atoms with E-state index in [-0.39, 0.29) is 12.3 Å². The lowest BCUT2D eigenvalue weighted by molar-refractivity contribution is -0.142. The van der Waals surface area contributed by atoms with Crippen molar-refractivity contribution in [2.45, 2.75) is 51.4 Å². The van der Waals surface area contributed by atoms with Crippen molar-refractivity contribution in [2.75, 3.05) is 6.61 Å². The molecular formula is C17H28N6O6. The van der Waals surface area contributed by atoms with Gasteiger partial charge in [-0.1, -0.05) is 13.8 Å². The number of carbonyl (C=O) groups excluding carboxylic acids is 3.